The second-order valence-corrected chi connectivity index (χ2v) is 7.17. The zero-order valence-corrected chi connectivity index (χ0v) is 11.1. The molecule has 7 atom stereocenters. The maximum absolute atomic E-state index is 11.5. The van der Waals surface area contributed by atoms with Gasteiger partial charge in [-0.1, -0.05) is 6.58 Å². The van der Waals surface area contributed by atoms with E-state index in [9.17, 15) is 4.79 Å². The largest absolute Gasteiger partial charge is 0.462 e. The fourth-order valence-electron chi connectivity index (χ4n) is 5.54. The third-order valence-corrected chi connectivity index (χ3v) is 6.20. The SMILES string of the molecule is C=C(C)C(=O)OCC1CC2CC1C1CC3CC3C21. The molecule has 98 valence electrons. The van der Waals surface area contributed by atoms with Crippen molar-refractivity contribution < 1.29 is 9.53 Å². The molecule has 0 saturated heterocycles. The van der Waals surface area contributed by atoms with Crippen molar-refractivity contribution in [2.75, 3.05) is 6.61 Å². The minimum absolute atomic E-state index is 0.205. The van der Waals surface area contributed by atoms with Gasteiger partial charge in [-0.3, -0.25) is 0 Å². The highest BCUT2D eigenvalue weighted by Gasteiger charge is 2.64. The van der Waals surface area contributed by atoms with Crippen LogP contribution in [0.4, 0.5) is 0 Å². The summed E-state index contributed by atoms with van der Waals surface area (Å²) in [5.74, 6) is 6.51. The number of hydrogen-bond acceptors (Lipinski definition) is 2. The highest BCUT2D eigenvalue weighted by atomic mass is 16.5. The fraction of sp³-hybridized carbons (Fsp3) is 0.812. The van der Waals surface area contributed by atoms with Crippen molar-refractivity contribution in [3.8, 4) is 0 Å². The molecule has 0 spiro atoms. The van der Waals surface area contributed by atoms with E-state index in [1.54, 1.807) is 6.92 Å². The highest BCUT2D eigenvalue weighted by Crippen LogP contribution is 2.71. The molecular formula is C16H22O2. The summed E-state index contributed by atoms with van der Waals surface area (Å²) in [5, 5.41) is 0. The molecule has 0 aromatic carbocycles. The fourth-order valence-corrected chi connectivity index (χ4v) is 5.54. The summed E-state index contributed by atoms with van der Waals surface area (Å²) in [5.41, 5.74) is 0.526. The maximum atomic E-state index is 11.5. The smallest absolute Gasteiger partial charge is 0.333 e. The lowest BCUT2D eigenvalue weighted by Crippen LogP contribution is -2.30. The van der Waals surface area contributed by atoms with Crippen molar-refractivity contribution in [1.82, 2.24) is 0 Å². The number of hydrogen-bond donors (Lipinski definition) is 0. The Hall–Kier alpha value is -0.790. The number of fused-ring (bicyclic) bond motifs is 7. The average Bonchev–Trinajstić information content (AvgIpc) is 2.76. The van der Waals surface area contributed by atoms with Gasteiger partial charge in [-0.15, -0.1) is 0 Å². The van der Waals surface area contributed by atoms with Gasteiger partial charge in [0.1, 0.15) is 0 Å². The topological polar surface area (TPSA) is 26.3 Å². The van der Waals surface area contributed by atoms with Crippen molar-refractivity contribution in [3.63, 3.8) is 0 Å². The Morgan fingerprint density at radius 1 is 1.11 bits per heavy atom. The van der Waals surface area contributed by atoms with Gasteiger partial charge in [0.05, 0.1) is 6.61 Å². The van der Waals surface area contributed by atoms with E-state index in [-0.39, 0.29) is 5.97 Å². The average molecular weight is 246 g/mol. The van der Waals surface area contributed by atoms with Crippen LogP contribution in [0.3, 0.4) is 0 Å². The number of carbonyl (C=O) groups is 1. The molecule has 0 radical (unpaired) electrons. The summed E-state index contributed by atoms with van der Waals surface area (Å²) in [6.45, 7) is 6.01. The number of rotatable bonds is 3. The molecule has 18 heavy (non-hydrogen) atoms. The lowest BCUT2D eigenvalue weighted by atomic mass is 9.74. The van der Waals surface area contributed by atoms with Crippen LogP contribution in [0.15, 0.2) is 12.2 Å². The van der Waals surface area contributed by atoms with E-state index >= 15 is 0 Å². The Kier molecular flexibility index (Phi) is 2.22. The van der Waals surface area contributed by atoms with Crippen LogP contribution >= 0.6 is 0 Å². The van der Waals surface area contributed by atoms with Crippen LogP contribution in [0, 0.1) is 41.4 Å². The second kappa shape index (κ2) is 3.61. The molecule has 0 N–H and O–H groups in total. The summed E-state index contributed by atoms with van der Waals surface area (Å²) in [6, 6.07) is 0. The minimum atomic E-state index is -0.205. The van der Waals surface area contributed by atoms with Gasteiger partial charge in [0.25, 0.3) is 0 Å². The Morgan fingerprint density at radius 3 is 2.61 bits per heavy atom. The summed E-state index contributed by atoms with van der Waals surface area (Å²) in [4.78, 5) is 11.5. The van der Waals surface area contributed by atoms with Gasteiger partial charge in [0, 0.05) is 5.57 Å². The second-order valence-electron chi connectivity index (χ2n) is 7.17. The van der Waals surface area contributed by atoms with Crippen LogP contribution in [-0.2, 0) is 9.53 Å². The standard InChI is InChI=1S/C16H22O2/c1-8(2)16(17)18-7-11-3-10-6-12(11)14-5-9-4-13(9)15(10)14/h9-15H,1,3-7H2,2H3. The van der Waals surface area contributed by atoms with Gasteiger partial charge in [-0.2, -0.15) is 0 Å². The van der Waals surface area contributed by atoms with Gasteiger partial charge in [0.2, 0.25) is 0 Å². The molecule has 4 aliphatic rings. The maximum Gasteiger partial charge on any atom is 0.333 e. The molecule has 4 rings (SSSR count). The van der Waals surface area contributed by atoms with E-state index in [0.717, 1.165) is 35.5 Å². The van der Waals surface area contributed by atoms with E-state index in [4.69, 9.17) is 4.74 Å². The van der Waals surface area contributed by atoms with Crippen LogP contribution in [0.2, 0.25) is 0 Å². The molecule has 2 heteroatoms. The first-order valence-electron chi connectivity index (χ1n) is 7.47. The predicted octanol–water partition coefficient (Wildman–Crippen LogP) is 3.03. The summed E-state index contributed by atoms with van der Waals surface area (Å²) >= 11 is 0. The zero-order chi connectivity index (χ0) is 12.4. The number of ether oxygens (including phenoxy) is 1. The Bertz CT molecular complexity index is 413. The van der Waals surface area contributed by atoms with Crippen molar-refractivity contribution >= 4 is 5.97 Å². The van der Waals surface area contributed by atoms with Crippen LogP contribution in [0.25, 0.3) is 0 Å². The van der Waals surface area contributed by atoms with E-state index < -0.39 is 0 Å². The lowest BCUT2D eigenvalue weighted by Gasteiger charge is -2.33. The lowest BCUT2D eigenvalue weighted by molar-refractivity contribution is -0.141. The highest BCUT2D eigenvalue weighted by molar-refractivity contribution is 5.86. The molecule has 4 aliphatic carbocycles. The van der Waals surface area contributed by atoms with Gasteiger partial charge in [-0.05, 0) is 74.0 Å². The molecule has 4 fully saturated rings. The molecule has 0 aliphatic heterocycles. The van der Waals surface area contributed by atoms with Crippen LogP contribution < -0.4 is 0 Å². The first kappa shape index (κ1) is 11.1. The molecule has 0 amide bonds. The summed E-state index contributed by atoms with van der Waals surface area (Å²) in [6.07, 6.45) is 5.76. The first-order valence-corrected chi connectivity index (χ1v) is 7.47. The van der Waals surface area contributed by atoms with Crippen molar-refractivity contribution in [2.45, 2.75) is 32.6 Å². The third-order valence-electron chi connectivity index (χ3n) is 6.20. The molecule has 2 nitrogen and oxygen atoms in total. The van der Waals surface area contributed by atoms with Gasteiger partial charge >= 0.3 is 5.97 Å². The quantitative estimate of drug-likeness (QED) is 0.565. The normalized spacial score (nSPS) is 50.8. The Balaban J connectivity index is 1.39. The molecule has 7 unspecified atom stereocenters. The summed E-state index contributed by atoms with van der Waals surface area (Å²) < 4.78 is 5.39. The van der Waals surface area contributed by atoms with Crippen LogP contribution in [0.5, 0.6) is 0 Å². The molecule has 0 heterocycles. The van der Waals surface area contributed by atoms with Crippen molar-refractivity contribution in [3.05, 3.63) is 12.2 Å². The van der Waals surface area contributed by atoms with Crippen molar-refractivity contribution in [1.29, 1.82) is 0 Å². The Morgan fingerprint density at radius 2 is 1.83 bits per heavy atom. The van der Waals surface area contributed by atoms with Crippen molar-refractivity contribution in [2.24, 2.45) is 41.4 Å². The van der Waals surface area contributed by atoms with E-state index in [1.165, 1.54) is 25.7 Å². The van der Waals surface area contributed by atoms with E-state index in [2.05, 4.69) is 6.58 Å². The van der Waals surface area contributed by atoms with Gasteiger partial charge < -0.3 is 4.74 Å². The zero-order valence-electron chi connectivity index (χ0n) is 11.1. The molecule has 0 aromatic rings. The Labute approximate surface area is 109 Å². The first-order chi connectivity index (χ1) is 8.65. The van der Waals surface area contributed by atoms with Crippen LogP contribution in [0.1, 0.15) is 32.6 Å². The van der Waals surface area contributed by atoms with Crippen LogP contribution in [-0.4, -0.2) is 12.6 Å². The molecule has 4 saturated carbocycles. The molecule has 2 bridgehead atoms. The van der Waals surface area contributed by atoms with E-state index in [0.29, 0.717) is 18.1 Å². The monoisotopic (exact) mass is 246 g/mol. The molecule has 0 aromatic heterocycles. The van der Waals surface area contributed by atoms with Gasteiger partial charge in [0.15, 0.2) is 0 Å². The number of esters is 1. The number of carbonyl (C=O) groups excluding carboxylic acids is 1. The van der Waals surface area contributed by atoms with Gasteiger partial charge in [-0.25, -0.2) is 4.79 Å². The summed E-state index contributed by atoms with van der Waals surface area (Å²) in [7, 11) is 0. The molecular weight excluding hydrogens is 224 g/mol. The predicted molar refractivity (Wildman–Crippen MR) is 68.7 cm³/mol. The van der Waals surface area contributed by atoms with E-state index in [1.807, 2.05) is 0 Å². The minimum Gasteiger partial charge on any atom is -0.462 e. The third kappa shape index (κ3) is 1.44.